The Labute approximate surface area is 174 Å². The fourth-order valence-electron chi connectivity index (χ4n) is 4.65. The molecule has 0 aromatic heterocycles. The average molecular weight is 399 g/mol. The molecule has 0 saturated carbocycles. The number of aromatic carboxylic acids is 1. The molecule has 5 heteroatoms. The predicted molar refractivity (Wildman–Crippen MR) is 112 cm³/mol. The van der Waals surface area contributed by atoms with Crippen LogP contribution in [0.4, 0.5) is 4.79 Å². The Morgan fingerprint density at radius 2 is 1.60 bits per heavy atom. The lowest BCUT2D eigenvalue weighted by atomic mass is 9.98. The summed E-state index contributed by atoms with van der Waals surface area (Å²) in [6.07, 6.45) is -0.377. The third-order valence-corrected chi connectivity index (χ3v) is 6.22. The number of amides is 1. The monoisotopic (exact) mass is 399 g/mol. The molecule has 5 nitrogen and oxygen atoms in total. The molecule has 0 bridgehead atoms. The molecule has 1 aliphatic carbocycles. The Kier molecular flexibility index (Phi) is 4.31. The van der Waals surface area contributed by atoms with Crippen LogP contribution in [0, 0.1) is 0 Å². The summed E-state index contributed by atoms with van der Waals surface area (Å²) in [6.45, 7) is 2.60. The van der Waals surface area contributed by atoms with Crippen LogP contribution in [0.3, 0.4) is 0 Å². The zero-order valence-corrected chi connectivity index (χ0v) is 16.5. The van der Waals surface area contributed by atoms with Crippen molar-refractivity contribution in [2.75, 3.05) is 6.61 Å². The van der Waals surface area contributed by atoms with E-state index in [1.165, 1.54) is 22.3 Å². The zero-order chi connectivity index (χ0) is 20.8. The van der Waals surface area contributed by atoms with Crippen LogP contribution >= 0.6 is 0 Å². The molecule has 1 amide bonds. The van der Waals surface area contributed by atoms with Gasteiger partial charge in [0.2, 0.25) is 0 Å². The number of carbonyl (C=O) groups excluding carboxylic acids is 1. The first-order valence-corrected chi connectivity index (χ1v) is 10.0. The van der Waals surface area contributed by atoms with Gasteiger partial charge >= 0.3 is 12.1 Å². The predicted octanol–water partition coefficient (Wildman–Crippen LogP) is 5.21. The molecule has 1 atom stereocenters. The summed E-state index contributed by atoms with van der Waals surface area (Å²) >= 11 is 0. The van der Waals surface area contributed by atoms with Gasteiger partial charge in [-0.1, -0.05) is 54.6 Å². The van der Waals surface area contributed by atoms with E-state index in [-0.39, 0.29) is 30.2 Å². The van der Waals surface area contributed by atoms with Gasteiger partial charge in [0.05, 0.1) is 11.6 Å². The smallest absolute Gasteiger partial charge is 0.410 e. The van der Waals surface area contributed by atoms with Gasteiger partial charge in [-0.05, 0) is 52.4 Å². The van der Waals surface area contributed by atoms with Gasteiger partial charge in [-0.2, -0.15) is 0 Å². The van der Waals surface area contributed by atoms with E-state index in [2.05, 4.69) is 24.3 Å². The number of hydrogen-bond donors (Lipinski definition) is 1. The van der Waals surface area contributed by atoms with Crippen LogP contribution in [-0.2, 0) is 11.3 Å². The van der Waals surface area contributed by atoms with Gasteiger partial charge < -0.3 is 9.84 Å². The third kappa shape index (κ3) is 2.86. The van der Waals surface area contributed by atoms with Gasteiger partial charge in [-0.3, -0.25) is 4.90 Å². The Morgan fingerprint density at radius 3 is 2.23 bits per heavy atom. The van der Waals surface area contributed by atoms with Gasteiger partial charge in [0.25, 0.3) is 0 Å². The number of rotatable bonds is 3. The average Bonchev–Trinajstić information content (AvgIpc) is 3.27. The first kappa shape index (κ1) is 18.4. The van der Waals surface area contributed by atoms with E-state index >= 15 is 0 Å². The van der Waals surface area contributed by atoms with E-state index in [4.69, 9.17) is 4.74 Å². The van der Waals surface area contributed by atoms with Crippen LogP contribution in [0.1, 0.15) is 51.5 Å². The number of carboxylic acid groups (broad SMARTS) is 1. The molecule has 1 N–H and O–H groups in total. The van der Waals surface area contributed by atoms with E-state index in [0.717, 1.165) is 11.1 Å². The Hall–Kier alpha value is -3.60. The van der Waals surface area contributed by atoms with Crippen molar-refractivity contribution < 1.29 is 19.4 Å². The lowest BCUT2D eigenvalue weighted by molar-refractivity contribution is 0.0696. The van der Waals surface area contributed by atoms with Gasteiger partial charge in [0, 0.05) is 12.5 Å². The number of nitrogens with zero attached hydrogens (tertiary/aromatic N) is 1. The molecule has 5 rings (SSSR count). The van der Waals surface area contributed by atoms with Crippen molar-refractivity contribution >= 4 is 12.1 Å². The Bertz CT molecular complexity index is 1120. The minimum Gasteiger partial charge on any atom is -0.478 e. The van der Waals surface area contributed by atoms with Crippen LogP contribution in [0.5, 0.6) is 0 Å². The van der Waals surface area contributed by atoms with Crippen LogP contribution in [-0.4, -0.2) is 28.7 Å². The number of hydrogen-bond acceptors (Lipinski definition) is 3. The summed E-state index contributed by atoms with van der Waals surface area (Å²) < 4.78 is 5.77. The fraction of sp³-hybridized carbons (Fsp3) is 0.200. The first-order valence-electron chi connectivity index (χ1n) is 10.0. The number of fused-ring (bicyclic) bond motifs is 4. The van der Waals surface area contributed by atoms with Gasteiger partial charge in [0.15, 0.2) is 0 Å². The molecule has 0 spiro atoms. The maximum atomic E-state index is 12.9. The van der Waals surface area contributed by atoms with Crippen molar-refractivity contribution in [2.45, 2.75) is 25.4 Å². The van der Waals surface area contributed by atoms with Crippen molar-refractivity contribution in [2.24, 2.45) is 0 Å². The second-order valence-corrected chi connectivity index (χ2v) is 7.83. The molecule has 1 aliphatic heterocycles. The van der Waals surface area contributed by atoms with Crippen molar-refractivity contribution in [1.82, 2.24) is 4.90 Å². The molecular formula is C25H21NO4. The van der Waals surface area contributed by atoms with E-state index in [9.17, 15) is 14.7 Å². The number of ether oxygens (including phenoxy) is 1. The second-order valence-electron chi connectivity index (χ2n) is 7.83. The molecule has 150 valence electrons. The lowest BCUT2D eigenvalue weighted by Crippen LogP contribution is -2.30. The van der Waals surface area contributed by atoms with Crippen LogP contribution in [0.2, 0.25) is 0 Å². The summed E-state index contributed by atoms with van der Waals surface area (Å²) in [4.78, 5) is 25.8. The molecule has 0 saturated heterocycles. The van der Waals surface area contributed by atoms with Crippen LogP contribution in [0.15, 0.2) is 66.7 Å². The van der Waals surface area contributed by atoms with Crippen LogP contribution < -0.4 is 0 Å². The largest absolute Gasteiger partial charge is 0.478 e. The molecule has 1 heterocycles. The maximum absolute atomic E-state index is 12.9. The van der Waals surface area contributed by atoms with Gasteiger partial charge in [-0.15, -0.1) is 0 Å². The summed E-state index contributed by atoms with van der Waals surface area (Å²) in [5.41, 5.74) is 6.79. The van der Waals surface area contributed by atoms with Crippen molar-refractivity contribution in [3.8, 4) is 11.1 Å². The lowest BCUT2D eigenvalue weighted by Gasteiger charge is -2.23. The molecule has 0 radical (unpaired) electrons. The maximum Gasteiger partial charge on any atom is 0.410 e. The zero-order valence-electron chi connectivity index (χ0n) is 16.5. The van der Waals surface area contributed by atoms with E-state index < -0.39 is 5.97 Å². The third-order valence-electron chi connectivity index (χ3n) is 6.22. The number of benzene rings is 3. The van der Waals surface area contributed by atoms with Gasteiger partial charge in [0.1, 0.15) is 6.61 Å². The highest BCUT2D eigenvalue weighted by Crippen LogP contribution is 2.44. The number of carbonyl (C=O) groups is 2. The van der Waals surface area contributed by atoms with Crippen LogP contribution in [0.25, 0.3) is 11.1 Å². The van der Waals surface area contributed by atoms with E-state index in [0.29, 0.717) is 6.54 Å². The summed E-state index contributed by atoms with van der Waals surface area (Å²) in [5.74, 6) is -0.954. The Morgan fingerprint density at radius 1 is 0.967 bits per heavy atom. The summed E-state index contributed by atoms with van der Waals surface area (Å²) in [6, 6.07) is 21.3. The van der Waals surface area contributed by atoms with Gasteiger partial charge in [-0.25, -0.2) is 9.59 Å². The van der Waals surface area contributed by atoms with Crippen molar-refractivity contribution in [3.63, 3.8) is 0 Å². The second kappa shape index (κ2) is 7.02. The van der Waals surface area contributed by atoms with Crippen molar-refractivity contribution in [3.05, 3.63) is 94.5 Å². The fourth-order valence-corrected chi connectivity index (χ4v) is 4.65. The SMILES string of the molecule is C[C@H]1c2cc(C(=O)O)ccc2CN1C(=O)OCC1c2ccccc2-c2ccccc21. The quantitative estimate of drug-likeness (QED) is 0.656. The molecule has 0 fully saturated rings. The molecule has 3 aromatic carbocycles. The molecular weight excluding hydrogens is 378 g/mol. The topological polar surface area (TPSA) is 66.8 Å². The number of carboxylic acids is 1. The first-order chi connectivity index (χ1) is 14.5. The minimum absolute atomic E-state index is 0.0141. The Balaban J connectivity index is 1.34. The highest BCUT2D eigenvalue weighted by Gasteiger charge is 2.34. The molecule has 30 heavy (non-hydrogen) atoms. The van der Waals surface area contributed by atoms with Crippen molar-refractivity contribution in [1.29, 1.82) is 0 Å². The van der Waals surface area contributed by atoms with E-state index in [1.54, 1.807) is 23.1 Å². The minimum atomic E-state index is -0.968. The van der Waals surface area contributed by atoms with E-state index in [1.807, 2.05) is 31.2 Å². The molecule has 0 unspecified atom stereocenters. The summed E-state index contributed by atoms with van der Waals surface area (Å²) in [7, 11) is 0. The molecule has 2 aliphatic rings. The standard InChI is InChI=1S/C25H21NO4/c1-15-22-12-16(24(27)28)10-11-17(22)13-26(15)25(29)30-14-23-20-8-4-2-6-18(20)19-7-3-5-9-21(19)23/h2-12,15,23H,13-14H2,1H3,(H,27,28)/t15-/m0/s1. The summed E-state index contributed by atoms with van der Waals surface area (Å²) in [5, 5.41) is 9.24. The normalized spacial score (nSPS) is 16.7. The highest BCUT2D eigenvalue weighted by atomic mass is 16.6. The highest BCUT2D eigenvalue weighted by molar-refractivity contribution is 5.88. The molecule has 3 aromatic rings.